The van der Waals surface area contributed by atoms with Gasteiger partial charge in [-0.25, -0.2) is 4.79 Å². The van der Waals surface area contributed by atoms with E-state index in [1.165, 1.54) is 6.92 Å². The van der Waals surface area contributed by atoms with Gasteiger partial charge in [0.2, 0.25) is 23.6 Å². The summed E-state index contributed by atoms with van der Waals surface area (Å²) in [6.45, 7) is 1.26. The maximum Gasteiger partial charge on any atom is 0.326 e. The lowest BCUT2D eigenvalue weighted by Gasteiger charge is -2.26. The molecule has 2 rings (SSSR count). The molecule has 0 fully saturated rings. The number of para-hydroxylation sites is 1. The van der Waals surface area contributed by atoms with Gasteiger partial charge in [-0.2, -0.15) is 12.6 Å². The number of carboxylic acid groups (broad SMARTS) is 1. The number of nitrogens with two attached hydrogens (primary N) is 2. The Hall–Kier alpha value is -3.62. The van der Waals surface area contributed by atoms with Crippen molar-refractivity contribution >= 4 is 53.1 Å². The van der Waals surface area contributed by atoms with Gasteiger partial charge >= 0.3 is 5.97 Å². The number of aromatic amines is 1. The van der Waals surface area contributed by atoms with Crippen LogP contribution in [0.3, 0.4) is 0 Å². The van der Waals surface area contributed by atoms with E-state index in [9.17, 15) is 34.2 Å². The van der Waals surface area contributed by atoms with Crippen LogP contribution in [0.5, 0.6) is 0 Å². The molecule has 36 heavy (non-hydrogen) atoms. The number of carboxylic acids is 1. The average Bonchev–Trinajstić information content (AvgIpc) is 3.22. The molecular weight excluding hydrogens is 492 g/mol. The molecule has 2 aromatic rings. The number of aliphatic carboxylic acids is 1. The van der Waals surface area contributed by atoms with Gasteiger partial charge in [-0.05, 0) is 18.6 Å². The van der Waals surface area contributed by atoms with E-state index in [2.05, 4.69) is 33.6 Å². The van der Waals surface area contributed by atoms with Gasteiger partial charge in [-0.15, -0.1) is 0 Å². The van der Waals surface area contributed by atoms with Crippen molar-refractivity contribution in [3.63, 3.8) is 0 Å². The maximum absolute atomic E-state index is 13.1. The molecule has 0 aliphatic carbocycles. The summed E-state index contributed by atoms with van der Waals surface area (Å²) >= 11 is 3.93. The van der Waals surface area contributed by atoms with E-state index >= 15 is 0 Å². The van der Waals surface area contributed by atoms with Gasteiger partial charge in [0.1, 0.15) is 18.1 Å². The Bertz CT molecular complexity index is 1120. The van der Waals surface area contributed by atoms with Crippen molar-refractivity contribution in [3.8, 4) is 0 Å². The minimum absolute atomic E-state index is 0.0119. The first-order chi connectivity index (χ1) is 16.9. The summed E-state index contributed by atoms with van der Waals surface area (Å²) in [6, 6.07) is 1.71. The molecule has 13 nitrogen and oxygen atoms in total. The number of fused-ring (bicyclic) bond motifs is 1. The number of aromatic nitrogens is 1. The zero-order valence-corrected chi connectivity index (χ0v) is 20.3. The van der Waals surface area contributed by atoms with Crippen LogP contribution in [0.4, 0.5) is 0 Å². The van der Waals surface area contributed by atoms with Crippen molar-refractivity contribution in [2.45, 2.75) is 50.0 Å². The predicted molar refractivity (Wildman–Crippen MR) is 133 cm³/mol. The summed E-state index contributed by atoms with van der Waals surface area (Å²) in [7, 11) is 0. The topological polar surface area (TPSA) is 230 Å². The summed E-state index contributed by atoms with van der Waals surface area (Å²) in [4.78, 5) is 64.0. The minimum Gasteiger partial charge on any atom is -0.480 e. The molecule has 0 saturated carbocycles. The Morgan fingerprint density at radius 1 is 1.03 bits per heavy atom. The first kappa shape index (κ1) is 28.6. The van der Waals surface area contributed by atoms with Crippen LogP contribution in [0.2, 0.25) is 0 Å². The first-order valence-corrected chi connectivity index (χ1v) is 11.6. The molecule has 0 aliphatic heterocycles. The second kappa shape index (κ2) is 12.9. The number of carbonyl (C=O) groups is 5. The van der Waals surface area contributed by atoms with Crippen LogP contribution in [-0.2, 0) is 30.4 Å². The number of amides is 4. The SMILES string of the molecule is CC(O)C(NC(=O)C(N)CS)C(=O)NC(Cc1c[nH]c2ccccc12)C(=O)NC(CC(N)=O)C(=O)O. The van der Waals surface area contributed by atoms with Gasteiger partial charge in [0.15, 0.2) is 0 Å². The summed E-state index contributed by atoms with van der Waals surface area (Å²) < 4.78 is 0. The largest absolute Gasteiger partial charge is 0.480 e. The predicted octanol–water partition coefficient (Wildman–Crippen LogP) is -2.24. The van der Waals surface area contributed by atoms with Crippen molar-refractivity contribution in [1.82, 2.24) is 20.9 Å². The van der Waals surface area contributed by atoms with Crippen LogP contribution in [0, 0.1) is 0 Å². The van der Waals surface area contributed by atoms with E-state index in [0.29, 0.717) is 5.56 Å². The van der Waals surface area contributed by atoms with Crippen LogP contribution >= 0.6 is 12.6 Å². The molecular formula is C22H30N6O7S. The summed E-state index contributed by atoms with van der Waals surface area (Å²) in [5, 5.41) is 27.2. The molecule has 10 N–H and O–H groups in total. The number of primary amides is 1. The molecule has 1 heterocycles. The van der Waals surface area contributed by atoms with E-state index in [0.717, 1.165) is 10.9 Å². The smallest absolute Gasteiger partial charge is 0.326 e. The number of thiol groups is 1. The Balaban J connectivity index is 2.33. The monoisotopic (exact) mass is 522 g/mol. The lowest BCUT2D eigenvalue weighted by molar-refractivity contribution is -0.143. The minimum atomic E-state index is -1.63. The van der Waals surface area contributed by atoms with Gasteiger partial charge < -0.3 is 42.6 Å². The number of carbonyl (C=O) groups excluding carboxylic acids is 4. The third-order valence-electron chi connectivity index (χ3n) is 5.35. The standard InChI is InChI=1S/C22H30N6O7S/c1-10(29)18(28-19(31)13(23)9-36)21(33)26-15(20(32)27-16(22(34)35)7-17(24)30)6-11-8-25-14-5-3-2-4-12(11)14/h2-5,8,10,13,15-16,18,25,29,36H,6-7,9,23H2,1H3,(H2,24,30)(H,26,33)(H,27,32)(H,28,31)(H,34,35). The molecule has 0 aliphatic rings. The Kier molecular flexibility index (Phi) is 10.3. The van der Waals surface area contributed by atoms with Gasteiger partial charge in [-0.1, -0.05) is 18.2 Å². The third-order valence-corrected chi connectivity index (χ3v) is 5.74. The number of hydrogen-bond acceptors (Lipinski definition) is 8. The molecule has 5 atom stereocenters. The normalized spacial score (nSPS) is 15.2. The molecule has 0 saturated heterocycles. The fourth-order valence-corrected chi connectivity index (χ4v) is 3.58. The van der Waals surface area contributed by atoms with E-state index < -0.39 is 66.3 Å². The lowest BCUT2D eigenvalue weighted by Crippen LogP contribution is -2.60. The molecule has 196 valence electrons. The number of H-pyrrole nitrogens is 1. The molecule has 0 bridgehead atoms. The number of hydrogen-bond donors (Lipinski definition) is 9. The van der Waals surface area contributed by atoms with E-state index in [1.54, 1.807) is 24.4 Å². The maximum atomic E-state index is 13.1. The fourth-order valence-electron chi connectivity index (χ4n) is 3.41. The highest BCUT2D eigenvalue weighted by molar-refractivity contribution is 7.80. The van der Waals surface area contributed by atoms with E-state index in [1.807, 2.05) is 6.07 Å². The molecule has 4 amide bonds. The fraction of sp³-hybridized carbons (Fsp3) is 0.409. The van der Waals surface area contributed by atoms with Crippen LogP contribution in [0.1, 0.15) is 18.9 Å². The molecule has 1 aromatic heterocycles. The summed E-state index contributed by atoms with van der Waals surface area (Å²) in [6.07, 6.45) is -0.474. The zero-order chi connectivity index (χ0) is 27.0. The van der Waals surface area contributed by atoms with E-state index in [4.69, 9.17) is 11.5 Å². The van der Waals surface area contributed by atoms with Crippen molar-refractivity contribution in [3.05, 3.63) is 36.0 Å². The number of nitrogens with one attached hydrogen (secondary N) is 4. The van der Waals surface area contributed by atoms with Crippen molar-refractivity contribution in [2.24, 2.45) is 11.5 Å². The molecule has 14 heteroatoms. The molecule has 1 aromatic carbocycles. The molecule has 5 unspecified atom stereocenters. The van der Waals surface area contributed by atoms with E-state index in [-0.39, 0.29) is 12.2 Å². The first-order valence-electron chi connectivity index (χ1n) is 11.0. The van der Waals surface area contributed by atoms with Crippen molar-refractivity contribution in [2.75, 3.05) is 5.75 Å². The third kappa shape index (κ3) is 7.69. The van der Waals surface area contributed by atoms with Crippen LogP contribution < -0.4 is 27.4 Å². The van der Waals surface area contributed by atoms with Crippen LogP contribution in [0.15, 0.2) is 30.5 Å². The second-order valence-corrected chi connectivity index (χ2v) is 8.58. The second-order valence-electron chi connectivity index (χ2n) is 8.21. The average molecular weight is 523 g/mol. The van der Waals surface area contributed by atoms with Gasteiger partial charge in [0.25, 0.3) is 0 Å². The highest BCUT2D eigenvalue weighted by Crippen LogP contribution is 2.19. The molecule has 0 spiro atoms. The zero-order valence-electron chi connectivity index (χ0n) is 19.4. The molecule has 0 radical (unpaired) electrons. The Morgan fingerprint density at radius 2 is 1.67 bits per heavy atom. The summed E-state index contributed by atoms with van der Waals surface area (Å²) in [5.41, 5.74) is 12.1. The number of benzene rings is 1. The van der Waals surface area contributed by atoms with Crippen LogP contribution in [-0.4, -0.2) is 80.8 Å². The quantitative estimate of drug-likeness (QED) is 0.130. The van der Waals surface area contributed by atoms with Gasteiger partial charge in [0, 0.05) is 29.3 Å². The van der Waals surface area contributed by atoms with Crippen LogP contribution in [0.25, 0.3) is 10.9 Å². The number of aliphatic hydroxyl groups excluding tert-OH is 1. The Labute approximate surface area is 211 Å². The van der Waals surface area contributed by atoms with Crippen molar-refractivity contribution in [1.29, 1.82) is 0 Å². The summed E-state index contributed by atoms with van der Waals surface area (Å²) in [5.74, 6) is -5.01. The highest BCUT2D eigenvalue weighted by Gasteiger charge is 2.33. The number of aliphatic hydroxyl groups is 1. The highest BCUT2D eigenvalue weighted by atomic mass is 32.1. The van der Waals surface area contributed by atoms with Gasteiger partial charge in [0.05, 0.1) is 18.6 Å². The van der Waals surface area contributed by atoms with Crippen molar-refractivity contribution < 1.29 is 34.2 Å². The Morgan fingerprint density at radius 3 is 2.25 bits per heavy atom. The number of rotatable bonds is 13. The lowest BCUT2D eigenvalue weighted by atomic mass is 10.0. The van der Waals surface area contributed by atoms with Gasteiger partial charge in [-0.3, -0.25) is 19.2 Å².